The zero-order chi connectivity index (χ0) is 12.5. The highest BCUT2D eigenvalue weighted by atomic mass is 32.2. The van der Waals surface area contributed by atoms with Crippen LogP contribution in [0, 0.1) is 5.82 Å². The molecule has 7 heteroatoms. The van der Waals surface area contributed by atoms with Gasteiger partial charge in [0.05, 0.1) is 11.6 Å². The van der Waals surface area contributed by atoms with E-state index in [2.05, 4.69) is 20.2 Å². The van der Waals surface area contributed by atoms with E-state index >= 15 is 0 Å². The number of nitrogens with one attached hydrogen (secondary N) is 1. The number of nitrogen functional groups attached to an aromatic ring is 1. The number of nitrogens with zero attached hydrogens (tertiary/aromatic N) is 3. The van der Waals surface area contributed by atoms with Crippen LogP contribution < -0.4 is 5.73 Å². The summed E-state index contributed by atoms with van der Waals surface area (Å²) < 4.78 is 13.1. The van der Waals surface area contributed by atoms with Crippen LogP contribution in [0.3, 0.4) is 0 Å². The second-order valence-corrected chi connectivity index (χ2v) is 4.64. The summed E-state index contributed by atoms with van der Waals surface area (Å²) in [4.78, 5) is 8.91. The summed E-state index contributed by atoms with van der Waals surface area (Å²) in [6, 6.07) is 6.29. The Morgan fingerprint density at radius 1 is 1.28 bits per heavy atom. The number of anilines is 1. The summed E-state index contributed by atoms with van der Waals surface area (Å²) in [6.07, 6.45) is 1.62. The van der Waals surface area contributed by atoms with Gasteiger partial charge in [-0.2, -0.15) is 10.1 Å². The average Bonchev–Trinajstić information content (AvgIpc) is 2.77. The molecule has 3 aromatic rings. The molecule has 0 bridgehead atoms. The Bertz CT molecular complexity index is 711. The molecule has 18 heavy (non-hydrogen) atoms. The first-order valence-corrected chi connectivity index (χ1v) is 5.94. The summed E-state index contributed by atoms with van der Waals surface area (Å²) >= 11 is 1.32. The van der Waals surface area contributed by atoms with E-state index in [9.17, 15) is 4.39 Å². The van der Waals surface area contributed by atoms with Crippen molar-refractivity contribution in [1.29, 1.82) is 0 Å². The summed E-state index contributed by atoms with van der Waals surface area (Å²) in [5.41, 5.74) is 6.18. The Balaban J connectivity index is 2.06. The first-order chi connectivity index (χ1) is 8.72. The monoisotopic (exact) mass is 261 g/mol. The van der Waals surface area contributed by atoms with Crippen molar-refractivity contribution < 1.29 is 4.39 Å². The van der Waals surface area contributed by atoms with Crippen molar-refractivity contribution in [2.45, 2.75) is 9.92 Å². The highest BCUT2D eigenvalue weighted by Crippen LogP contribution is 2.31. The largest absolute Gasteiger partial charge is 0.368 e. The van der Waals surface area contributed by atoms with Crippen molar-refractivity contribution in [3.05, 3.63) is 36.3 Å². The highest BCUT2D eigenvalue weighted by Gasteiger charge is 2.09. The van der Waals surface area contributed by atoms with Crippen LogP contribution >= 0.6 is 11.8 Å². The van der Waals surface area contributed by atoms with Gasteiger partial charge in [0.1, 0.15) is 10.8 Å². The number of hydrogen-bond acceptors (Lipinski definition) is 5. The Morgan fingerprint density at radius 3 is 3.00 bits per heavy atom. The van der Waals surface area contributed by atoms with Crippen molar-refractivity contribution in [1.82, 2.24) is 20.2 Å². The Morgan fingerprint density at radius 2 is 2.17 bits per heavy atom. The summed E-state index contributed by atoms with van der Waals surface area (Å²) in [7, 11) is 0. The van der Waals surface area contributed by atoms with Gasteiger partial charge in [-0.15, -0.1) is 0 Å². The Hall–Kier alpha value is -2.15. The number of halogens is 1. The predicted molar refractivity (Wildman–Crippen MR) is 66.6 cm³/mol. The van der Waals surface area contributed by atoms with Crippen LogP contribution in [0.1, 0.15) is 0 Å². The minimum absolute atomic E-state index is 0.158. The average molecular weight is 261 g/mol. The second-order valence-electron chi connectivity index (χ2n) is 3.58. The first kappa shape index (κ1) is 11.0. The lowest BCUT2D eigenvalue weighted by atomic mass is 10.4. The molecule has 0 amide bonds. The quantitative estimate of drug-likeness (QED) is 0.691. The number of hydrogen-bond donors (Lipinski definition) is 2. The van der Waals surface area contributed by atoms with Gasteiger partial charge in [0.15, 0.2) is 5.65 Å². The minimum atomic E-state index is -0.287. The lowest BCUT2D eigenvalue weighted by molar-refractivity contribution is 0.624. The van der Waals surface area contributed by atoms with Gasteiger partial charge >= 0.3 is 0 Å². The molecule has 0 aliphatic rings. The van der Waals surface area contributed by atoms with Crippen LogP contribution in [0.2, 0.25) is 0 Å². The van der Waals surface area contributed by atoms with Crippen LogP contribution in [-0.4, -0.2) is 20.2 Å². The summed E-state index contributed by atoms with van der Waals surface area (Å²) in [5.74, 6) is -0.129. The molecular formula is C11H8FN5S. The van der Waals surface area contributed by atoms with E-state index in [1.54, 1.807) is 18.3 Å². The van der Waals surface area contributed by atoms with Gasteiger partial charge in [0.25, 0.3) is 0 Å². The van der Waals surface area contributed by atoms with Crippen LogP contribution in [-0.2, 0) is 0 Å². The number of rotatable bonds is 2. The van der Waals surface area contributed by atoms with Gasteiger partial charge < -0.3 is 5.73 Å². The molecule has 0 atom stereocenters. The molecular weight excluding hydrogens is 253 g/mol. The highest BCUT2D eigenvalue weighted by molar-refractivity contribution is 7.99. The number of fused-ring (bicyclic) bond motifs is 1. The maximum absolute atomic E-state index is 13.1. The zero-order valence-corrected chi connectivity index (χ0v) is 9.91. The molecule has 0 aliphatic carbocycles. The molecule has 3 N–H and O–H groups in total. The smallest absolute Gasteiger partial charge is 0.223 e. The number of benzene rings is 1. The van der Waals surface area contributed by atoms with Crippen LogP contribution in [0.5, 0.6) is 0 Å². The Kier molecular flexibility index (Phi) is 2.60. The maximum Gasteiger partial charge on any atom is 0.223 e. The molecule has 3 rings (SSSR count). The van der Waals surface area contributed by atoms with Crippen molar-refractivity contribution in [3.63, 3.8) is 0 Å². The maximum atomic E-state index is 13.1. The fraction of sp³-hybridized carbons (Fsp3) is 0. The van der Waals surface area contributed by atoms with Gasteiger partial charge in [-0.05, 0) is 18.2 Å². The zero-order valence-electron chi connectivity index (χ0n) is 9.09. The van der Waals surface area contributed by atoms with E-state index in [4.69, 9.17) is 5.73 Å². The molecule has 0 aliphatic heterocycles. The standard InChI is InChI=1S/C11H8FN5S/c12-6-2-1-3-7(4-6)18-10-8-5-14-17-9(8)15-11(13)16-10/h1-5H,(H3,13,14,15,16,17). The van der Waals surface area contributed by atoms with Crippen LogP contribution in [0.15, 0.2) is 40.4 Å². The van der Waals surface area contributed by atoms with E-state index in [1.807, 2.05) is 0 Å². The third-order valence-corrected chi connectivity index (χ3v) is 3.30. The van der Waals surface area contributed by atoms with Crippen LogP contribution in [0.25, 0.3) is 11.0 Å². The molecule has 0 fully saturated rings. The van der Waals surface area contributed by atoms with Crippen molar-refractivity contribution in [2.75, 3.05) is 5.73 Å². The molecule has 0 saturated heterocycles. The fourth-order valence-corrected chi connectivity index (χ4v) is 2.48. The predicted octanol–water partition coefficient (Wildman–Crippen LogP) is 2.23. The van der Waals surface area contributed by atoms with E-state index in [-0.39, 0.29) is 11.8 Å². The molecule has 2 heterocycles. The lowest BCUT2D eigenvalue weighted by Crippen LogP contribution is -1.96. The third-order valence-electron chi connectivity index (χ3n) is 2.30. The van der Waals surface area contributed by atoms with E-state index in [1.165, 1.54) is 23.9 Å². The lowest BCUT2D eigenvalue weighted by Gasteiger charge is -2.03. The second kappa shape index (κ2) is 4.26. The third kappa shape index (κ3) is 2.00. The Labute approximate surface area is 106 Å². The topological polar surface area (TPSA) is 80.5 Å². The van der Waals surface area contributed by atoms with Gasteiger partial charge in [-0.1, -0.05) is 17.8 Å². The van der Waals surface area contributed by atoms with Crippen molar-refractivity contribution in [3.8, 4) is 0 Å². The van der Waals surface area contributed by atoms with Crippen molar-refractivity contribution in [2.24, 2.45) is 0 Å². The molecule has 1 aromatic carbocycles. The van der Waals surface area contributed by atoms with Gasteiger partial charge in [-0.3, -0.25) is 5.10 Å². The molecule has 90 valence electrons. The SMILES string of the molecule is Nc1nc(Sc2cccc(F)c2)c2cn[nH]c2n1. The number of aromatic amines is 1. The summed E-state index contributed by atoms with van der Waals surface area (Å²) in [6.45, 7) is 0. The molecule has 0 spiro atoms. The minimum Gasteiger partial charge on any atom is -0.368 e. The van der Waals surface area contributed by atoms with Gasteiger partial charge in [-0.25, -0.2) is 9.37 Å². The first-order valence-electron chi connectivity index (χ1n) is 5.12. The number of aromatic nitrogens is 4. The number of nitrogens with two attached hydrogens (primary N) is 1. The summed E-state index contributed by atoms with van der Waals surface area (Å²) in [5, 5.41) is 8.03. The van der Waals surface area contributed by atoms with Crippen LogP contribution in [0.4, 0.5) is 10.3 Å². The van der Waals surface area contributed by atoms with E-state index in [0.29, 0.717) is 10.7 Å². The molecule has 0 radical (unpaired) electrons. The normalized spacial score (nSPS) is 10.9. The number of H-pyrrole nitrogens is 1. The molecule has 2 aromatic heterocycles. The molecule has 5 nitrogen and oxygen atoms in total. The molecule has 0 saturated carbocycles. The van der Waals surface area contributed by atoms with E-state index in [0.717, 1.165) is 10.3 Å². The van der Waals surface area contributed by atoms with Gasteiger partial charge in [0.2, 0.25) is 5.95 Å². The fourth-order valence-electron chi connectivity index (χ4n) is 1.54. The van der Waals surface area contributed by atoms with Crippen molar-refractivity contribution >= 4 is 28.7 Å². The molecule has 0 unspecified atom stereocenters. The van der Waals surface area contributed by atoms with Gasteiger partial charge in [0, 0.05) is 4.90 Å². The van der Waals surface area contributed by atoms with E-state index < -0.39 is 0 Å².